The summed E-state index contributed by atoms with van der Waals surface area (Å²) in [6.07, 6.45) is -0.648. The van der Waals surface area contributed by atoms with Gasteiger partial charge in [0.25, 0.3) is 0 Å². The molecule has 74 valence electrons. The summed E-state index contributed by atoms with van der Waals surface area (Å²) in [5, 5.41) is 13.1. The molecule has 2 heterocycles. The van der Waals surface area contributed by atoms with E-state index in [1.807, 2.05) is 18.2 Å². The van der Waals surface area contributed by atoms with Gasteiger partial charge in [-0.05, 0) is 11.6 Å². The van der Waals surface area contributed by atoms with Crippen LogP contribution in [-0.4, -0.2) is 24.5 Å². The highest BCUT2D eigenvalue weighted by atomic mass is 16.6. The van der Waals surface area contributed by atoms with Gasteiger partial charge in [0, 0.05) is 24.9 Å². The molecular formula is C11H13NO2. The van der Waals surface area contributed by atoms with Gasteiger partial charge in [0.2, 0.25) is 6.29 Å². The lowest BCUT2D eigenvalue weighted by atomic mass is 9.86. The van der Waals surface area contributed by atoms with Gasteiger partial charge in [0.05, 0.1) is 0 Å². The van der Waals surface area contributed by atoms with E-state index < -0.39 is 6.29 Å². The molecule has 2 aliphatic heterocycles. The van der Waals surface area contributed by atoms with Crippen molar-refractivity contribution in [2.24, 2.45) is 5.92 Å². The fourth-order valence-electron chi connectivity index (χ4n) is 2.45. The molecule has 2 N–H and O–H groups in total. The first-order valence-electron chi connectivity index (χ1n) is 5.00. The standard InChI is InChI=1S/C11H13NO2/c13-11-9-6-12-5-8(9)7-3-1-2-4-10(7)14-11/h1-4,8-9,11-13H,5-6H2/t8-,9-,11?/m1/s1. The predicted octanol–water partition coefficient (Wildman–Crippen LogP) is 0.700. The van der Waals surface area contributed by atoms with Crippen LogP contribution in [0, 0.1) is 5.92 Å². The van der Waals surface area contributed by atoms with E-state index in [1.165, 1.54) is 5.56 Å². The number of rotatable bonds is 0. The number of ether oxygens (including phenoxy) is 1. The van der Waals surface area contributed by atoms with Gasteiger partial charge in [-0.15, -0.1) is 0 Å². The third-order valence-electron chi connectivity index (χ3n) is 3.19. The Morgan fingerprint density at radius 3 is 3.07 bits per heavy atom. The fourth-order valence-corrected chi connectivity index (χ4v) is 2.45. The summed E-state index contributed by atoms with van der Waals surface area (Å²) in [5.74, 6) is 1.46. The van der Waals surface area contributed by atoms with Crippen molar-refractivity contribution in [1.82, 2.24) is 5.32 Å². The van der Waals surface area contributed by atoms with Gasteiger partial charge in [-0.2, -0.15) is 0 Å². The van der Waals surface area contributed by atoms with E-state index in [0.717, 1.165) is 18.8 Å². The number of aliphatic hydroxyl groups is 1. The Morgan fingerprint density at radius 1 is 1.29 bits per heavy atom. The zero-order chi connectivity index (χ0) is 9.54. The second-order valence-corrected chi connectivity index (χ2v) is 3.97. The van der Waals surface area contributed by atoms with Crippen molar-refractivity contribution in [3.63, 3.8) is 0 Å². The molecule has 0 radical (unpaired) electrons. The van der Waals surface area contributed by atoms with Crippen LogP contribution in [0.25, 0.3) is 0 Å². The van der Waals surface area contributed by atoms with Gasteiger partial charge in [-0.1, -0.05) is 18.2 Å². The van der Waals surface area contributed by atoms with Crippen LogP contribution in [0.2, 0.25) is 0 Å². The average Bonchev–Trinajstić information content (AvgIpc) is 2.67. The summed E-state index contributed by atoms with van der Waals surface area (Å²) in [5.41, 5.74) is 1.23. The molecule has 3 atom stereocenters. The molecule has 1 aromatic carbocycles. The summed E-state index contributed by atoms with van der Waals surface area (Å²) < 4.78 is 5.46. The molecule has 1 fully saturated rings. The van der Waals surface area contributed by atoms with Crippen molar-refractivity contribution in [2.45, 2.75) is 12.2 Å². The van der Waals surface area contributed by atoms with Crippen LogP contribution in [-0.2, 0) is 0 Å². The summed E-state index contributed by atoms with van der Waals surface area (Å²) in [6, 6.07) is 7.97. The van der Waals surface area contributed by atoms with Crippen LogP contribution in [0.5, 0.6) is 5.75 Å². The molecule has 1 aromatic rings. The maximum atomic E-state index is 9.76. The molecule has 2 aliphatic rings. The Morgan fingerprint density at radius 2 is 2.14 bits per heavy atom. The Bertz CT molecular complexity index is 353. The van der Waals surface area contributed by atoms with Gasteiger partial charge in [-0.25, -0.2) is 0 Å². The van der Waals surface area contributed by atoms with E-state index in [9.17, 15) is 5.11 Å². The van der Waals surface area contributed by atoms with E-state index in [0.29, 0.717) is 5.92 Å². The maximum absolute atomic E-state index is 9.76. The number of hydrogen-bond acceptors (Lipinski definition) is 3. The molecule has 0 aliphatic carbocycles. The minimum atomic E-state index is -0.648. The van der Waals surface area contributed by atoms with E-state index in [-0.39, 0.29) is 5.92 Å². The fraction of sp³-hybridized carbons (Fsp3) is 0.455. The van der Waals surface area contributed by atoms with E-state index in [4.69, 9.17) is 4.74 Å². The topological polar surface area (TPSA) is 41.5 Å². The normalized spacial score (nSPS) is 34.5. The largest absolute Gasteiger partial charge is 0.464 e. The zero-order valence-corrected chi connectivity index (χ0v) is 7.81. The second-order valence-electron chi connectivity index (χ2n) is 3.97. The Labute approximate surface area is 82.7 Å². The average molecular weight is 191 g/mol. The minimum absolute atomic E-state index is 0.213. The van der Waals surface area contributed by atoms with E-state index in [2.05, 4.69) is 11.4 Å². The van der Waals surface area contributed by atoms with Crippen LogP contribution >= 0.6 is 0 Å². The molecule has 1 unspecified atom stereocenters. The Kier molecular flexibility index (Phi) is 1.75. The number of nitrogens with one attached hydrogen (secondary N) is 1. The first kappa shape index (κ1) is 8.26. The molecular weight excluding hydrogens is 178 g/mol. The number of aliphatic hydroxyl groups excluding tert-OH is 1. The van der Waals surface area contributed by atoms with Crippen LogP contribution in [0.15, 0.2) is 24.3 Å². The van der Waals surface area contributed by atoms with Crippen LogP contribution in [0.4, 0.5) is 0 Å². The van der Waals surface area contributed by atoms with Gasteiger partial charge in [0.1, 0.15) is 5.75 Å². The van der Waals surface area contributed by atoms with Gasteiger partial charge in [0.15, 0.2) is 0 Å². The van der Waals surface area contributed by atoms with Gasteiger partial charge < -0.3 is 15.2 Å². The van der Waals surface area contributed by atoms with Crippen molar-refractivity contribution in [1.29, 1.82) is 0 Å². The number of benzene rings is 1. The smallest absolute Gasteiger partial charge is 0.202 e. The molecule has 14 heavy (non-hydrogen) atoms. The molecule has 3 heteroatoms. The number of fused-ring (bicyclic) bond motifs is 3. The zero-order valence-electron chi connectivity index (χ0n) is 7.81. The third kappa shape index (κ3) is 1.06. The summed E-state index contributed by atoms with van der Waals surface area (Å²) in [4.78, 5) is 0. The van der Waals surface area contributed by atoms with Crippen molar-refractivity contribution < 1.29 is 9.84 Å². The molecule has 0 bridgehead atoms. The second kappa shape index (κ2) is 2.97. The first-order valence-corrected chi connectivity index (χ1v) is 5.00. The summed E-state index contributed by atoms with van der Waals surface area (Å²) >= 11 is 0. The molecule has 0 aromatic heterocycles. The highest BCUT2D eigenvalue weighted by Crippen LogP contribution is 2.40. The first-order chi connectivity index (χ1) is 6.86. The van der Waals surface area contributed by atoms with Crippen molar-refractivity contribution >= 4 is 0 Å². The summed E-state index contributed by atoms with van der Waals surface area (Å²) in [7, 11) is 0. The monoisotopic (exact) mass is 191 g/mol. The SMILES string of the molecule is OC1Oc2ccccc2[C@H]2CNC[C@@H]12. The molecule has 3 rings (SSSR count). The van der Waals surface area contributed by atoms with E-state index in [1.54, 1.807) is 0 Å². The molecule has 0 spiro atoms. The molecule has 0 amide bonds. The third-order valence-corrected chi connectivity index (χ3v) is 3.19. The Hall–Kier alpha value is -1.06. The lowest BCUT2D eigenvalue weighted by molar-refractivity contribution is -0.0721. The van der Waals surface area contributed by atoms with Crippen molar-refractivity contribution in [2.75, 3.05) is 13.1 Å². The van der Waals surface area contributed by atoms with Crippen molar-refractivity contribution in [3.8, 4) is 5.75 Å². The van der Waals surface area contributed by atoms with Crippen LogP contribution in [0.1, 0.15) is 11.5 Å². The van der Waals surface area contributed by atoms with Gasteiger partial charge >= 0.3 is 0 Å². The Balaban J connectivity index is 2.07. The van der Waals surface area contributed by atoms with Crippen molar-refractivity contribution in [3.05, 3.63) is 29.8 Å². The summed E-state index contributed by atoms with van der Waals surface area (Å²) in [6.45, 7) is 1.79. The molecule has 0 saturated carbocycles. The van der Waals surface area contributed by atoms with Crippen LogP contribution < -0.4 is 10.1 Å². The minimum Gasteiger partial charge on any atom is -0.464 e. The molecule has 3 nitrogen and oxygen atoms in total. The highest BCUT2D eigenvalue weighted by molar-refractivity contribution is 5.39. The quantitative estimate of drug-likeness (QED) is 0.634. The maximum Gasteiger partial charge on any atom is 0.202 e. The van der Waals surface area contributed by atoms with Gasteiger partial charge in [-0.3, -0.25) is 0 Å². The number of para-hydroxylation sites is 1. The lowest BCUT2D eigenvalue weighted by Crippen LogP contribution is -2.35. The lowest BCUT2D eigenvalue weighted by Gasteiger charge is -2.31. The predicted molar refractivity (Wildman–Crippen MR) is 52.2 cm³/mol. The highest BCUT2D eigenvalue weighted by Gasteiger charge is 2.40. The molecule has 1 saturated heterocycles. The van der Waals surface area contributed by atoms with Crippen LogP contribution in [0.3, 0.4) is 0 Å². The number of hydrogen-bond donors (Lipinski definition) is 2. The van der Waals surface area contributed by atoms with E-state index >= 15 is 0 Å².